The molecule has 0 radical (unpaired) electrons. The molecule has 118 valence electrons. The topological polar surface area (TPSA) is 56.1 Å². The molecule has 1 aliphatic rings. The quantitative estimate of drug-likeness (QED) is 0.932. The van der Waals surface area contributed by atoms with Gasteiger partial charge < -0.3 is 10.1 Å². The zero-order valence-corrected chi connectivity index (χ0v) is 13.9. The standard InChI is InChI=1S/C15H24ClN3O2/c1-15(2,3)13-10(6-5-7-21-13)8-17-11-9-18-19(4)14(20)12(11)16/h9-10,13,17H,5-8H2,1-4H3. The zero-order valence-electron chi connectivity index (χ0n) is 13.1. The first kappa shape index (κ1) is 16.3. The third-order valence-electron chi connectivity index (χ3n) is 3.93. The summed E-state index contributed by atoms with van der Waals surface area (Å²) < 4.78 is 7.19. The van der Waals surface area contributed by atoms with Crippen LogP contribution in [-0.4, -0.2) is 29.0 Å². The fraction of sp³-hybridized carbons (Fsp3) is 0.733. The summed E-state index contributed by atoms with van der Waals surface area (Å²) in [7, 11) is 1.59. The summed E-state index contributed by atoms with van der Waals surface area (Å²) in [6, 6.07) is 0. The summed E-state index contributed by atoms with van der Waals surface area (Å²) in [5, 5.41) is 7.45. The van der Waals surface area contributed by atoms with Crippen molar-refractivity contribution in [1.29, 1.82) is 0 Å². The lowest BCUT2D eigenvalue weighted by Crippen LogP contribution is -2.42. The van der Waals surface area contributed by atoms with E-state index < -0.39 is 0 Å². The normalized spacial score (nSPS) is 23.1. The molecule has 0 aliphatic carbocycles. The highest BCUT2D eigenvalue weighted by Gasteiger charge is 2.35. The Bertz CT molecular complexity index is 551. The van der Waals surface area contributed by atoms with Crippen molar-refractivity contribution >= 4 is 17.3 Å². The van der Waals surface area contributed by atoms with Gasteiger partial charge in [-0.1, -0.05) is 32.4 Å². The smallest absolute Gasteiger partial charge is 0.287 e. The maximum Gasteiger partial charge on any atom is 0.287 e. The van der Waals surface area contributed by atoms with E-state index >= 15 is 0 Å². The molecule has 1 aromatic heterocycles. The lowest BCUT2D eigenvalue weighted by atomic mass is 9.78. The molecular weight excluding hydrogens is 290 g/mol. The van der Waals surface area contributed by atoms with Crippen molar-refractivity contribution in [2.45, 2.75) is 39.7 Å². The van der Waals surface area contributed by atoms with E-state index in [9.17, 15) is 4.79 Å². The Hall–Kier alpha value is -1.07. The van der Waals surface area contributed by atoms with E-state index in [1.54, 1.807) is 13.2 Å². The number of nitrogens with one attached hydrogen (secondary N) is 1. The van der Waals surface area contributed by atoms with Crippen LogP contribution >= 0.6 is 11.6 Å². The number of rotatable bonds is 3. The van der Waals surface area contributed by atoms with Gasteiger partial charge in [0.1, 0.15) is 5.02 Å². The molecule has 1 aliphatic heterocycles. The van der Waals surface area contributed by atoms with Gasteiger partial charge in [0.15, 0.2) is 0 Å². The Kier molecular flexibility index (Phi) is 4.94. The molecule has 1 N–H and O–H groups in total. The van der Waals surface area contributed by atoms with E-state index in [0.29, 0.717) is 11.6 Å². The molecule has 0 saturated carbocycles. The van der Waals surface area contributed by atoms with E-state index in [0.717, 1.165) is 26.0 Å². The molecule has 2 rings (SSSR count). The monoisotopic (exact) mass is 313 g/mol. The Morgan fingerprint density at radius 1 is 1.52 bits per heavy atom. The SMILES string of the molecule is Cn1ncc(NCC2CCCOC2C(C)(C)C)c(Cl)c1=O. The molecule has 0 bridgehead atoms. The molecule has 2 heterocycles. The van der Waals surface area contributed by atoms with Crippen LogP contribution in [0, 0.1) is 11.3 Å². The summed E-state index contributed by atoms with van der Waals surface area (Å²) in [4.78, 5) is 11.8. The van der Waals surface area contributed by atoms with Gasteiger partial charge in [-0.05, 0) is 18.3 Å². The molecule has 0 amide bonds. The van der Waals surface area contributed by atoms with E-state index in [4.69, 9.17) is 16.3 Å². The molecule has 5 nitrogen and oxygen atoms in total. The average molecular weight is 314 g/mol. The van der Waals surface area contributed by atoms with Gasteiger partial charge in [0, 0.05) is 26.1 Å². The third-order valence-corrected chi connectivity index (χ3v) is 4.30. The maximum absolute atomic E-state index is 11.8. The number of nitrogens with zero attached hydrogens (tertiary/aromatic N) is 2. The number of halogens is 1. The predicted molar refractivity (Wildman–Crippen MR) is 84.9 cm³/mol. The largest absolute Gasteiger partial charge is 0.382 e. The molecule has 1 fully saturated rings. The first-order valence-electron chi connectivity index (χ1n) is 7.38. The predicted octanol–water partition coefficient (Wildman–Crippen LogP) is 2.69. The Morgan fingerprint density at radius 2 is 2.24 bits per heavy atom. The van der Waals surface area contributed by atoms with Gasteiger partial charge in [-0.25, -0.2) is 4.68 Å². The van der Waals surface area contributed by atoms with E-state index in [1.165, 1.54) is 4.68 Å². The third kappa shape index (κ3) is 3.77. The van der Waals surface area contributed by atoms with Crippen molar-refractivity contribution < 1.29 is 4.74 Å². The fourth-order valence-corrected chi connectivity index (χ4v) is 3.12. The van der Waals surface area contributed by atoms with E-state index in [-0.39, 0.29) is 22.1 Å². The lowest BCUT2D eigenvalue weighted by molar-refractivity contribution is -0.0814. The van der Waals surface area contributed by atoms with Crippen molar-refractivity contribution in [2.24, 2.45) is 18.4 Å². The highest BCUT2D eigenvalue weighted by molar-refractivity contribution is 6.32. The second kappa shape index (κ2) is 6.36. The van der Waals surface area contributed by atoms with Gasteiger partial charge in [0.2, 0.25) is 0 Å². The summed E-state index contributed by atoms with van der Waals surface area (Å²) in [6.07, 6.45) is 3.99. The highest BCUT2D eigenvalue weighted by Crippen LogP contribution is 2.34. The van der Waals surface area contributed by atoms with Crippen LogP contribution in [0.25, 0.3) is 0 Å². The van der Waals surface area contributed by atoms with E-state index in [2.05, 4.69) is 31.2 Å². The van der Waals surface area contributed by atoms with E-state index in [1.807, 2.05) is 0 Å². The lowest BCUT2D eigenvalue weighted by Gasteiger charge is -2.40. The first-order valence-corrected chi connectivity index (χ1v) is 7.76. The molecule has 6 heteroatoms. The summed E-state index contributed by atoms with van der Waals surface area (Å²) in [6.45, 7) is 8.15. The van der Waals surface area contributed by atoms with Crippen LogP contribution in [0.1, 0.15) is 33.6 Å². The van der Waals surface area contributed by atoms with Crippen LogP contribution in [-0.2, 0) is 11.8 Å². The van der Waals surface area contributed by atoms with Crippen LogP contribution in [0.2, 0.25) is 5.02 Å². The molecule has 0 aromatic carbocycles. The minimum Gasteiger partial charge on any atom is -0.382 e. The Balaban J connectivity index is 2.08. The second-order valence-electron chi connectivity index (χ2n) is 6.74. The van der Waals surface area contributed by atoms with Crippen molar-refractivity contribution in [3.63, 3.8) is 0 Å². The number of hydrogen-bond donors (Lipinski definition) is 1. The summed E-state index contributed by atoms with van der Waals surface area (Å²) in [5.41, 5.74) is 0.411. The van der Waals surface area contributed by atoms with Crippen LogP contribution in [0.5, 0.6) is 0 Å². The van der Waals surface area contributed by atoms with Crippen LogP contribution in [0.15, 0.2) is 11.0 Å². The zero-order chi connectivity index (χ0) is 15.6. The van der Waals surface area contributed by atoms with Crippen LogP contribution < -0.4 is 10.9 Å². The molecule has 21 heavy (non-hydrogen) atoms. The molecule has 1 aromatic rings. The minimum absolute atomic E-state index is 0.0988. The van der Waals surface area contributed by atoms with Gasteiger partial charge in [-0.15, -0.1) is 0 Å². The van der Waals surface area contributed by atoms with Gasteiger partial charge in [0.05, 0.1) is 18.0 Å². The number of aromatic nitrogens is 2. The van der Waals surface area contributed by atoms with Crippen LogP contribution in [0.3, 0.4) is 0 Å². The maximum atomic E-state index is 11.8. The molecule has 2 unspecified atom stereocenters. The number of hydrogen-bond acceptors (Lipinski definition) is 4. The summed E-state index contributed by atoms with van der Waals surface area (Å²) in [5.74, 6) is 0.402. The minimum atomic E-state index is -0.283. The van der Waals surface area contributed by atoms with Crippen molar-refractivity contribution in [2.75, 3.05) is 18.5 Å². The summed E-state index contributed by atoms with van der Waals surface area (Å²) >= 11 is 6.08. The number of anilines is 1. The average Bonchev–Trinajstić information content (AvgIpc) is 2.43. The van der Waals surface area contributed by atoms with Crippen molar-refractivity contribution in [1.82, 2.24) is 9.78 Å². The Morgan fingerprint density at radius 3 is 2.90 bits per heavy atom. The second-order valence-corrected chi connectivity index (χ2v) is 7.12. The first-order chi connectivity index (χ1) is 9.80. The van der Waals surface area contributed by atoms with Gasteiger partial charge in [0.25, 0.3) is 5.56 Å². The number of ether oxygens (including phenoxy) is 1. The van der Waals surface area contributed by atoms with Crippen molar-refractivity contribution in [3.8, 4) is 0 Å². The highest BCUT2D eigenvalue weighted by atomic mass is 35.5. The van der Waals surface area contributed by atoms with Gasteiger partial charge >= 0.3 is 0 Å². The molecule has 2 atom stereocenters. The van der Waals surface area contributed by atoms with Crippen LogP contribution in [0.4, 0.5) is 5.69 Å². The van der Waals surface area contributed by atoms with Gasteiger partial charge in [-0.2, -0.15) is 5.10 Å². The molecule has 0 spiro atoms. The number of aryl methyl sites for hydroxylation is 1. The molecular formula is C15H24ClN3O2. The van der Waals surface area contributed by atoms with Crippen molar-refractivity contribution in [3.05, 3.63) is 21.6 Å². The van der Waals surface area contributed by atoms with Gasteiger partial charge in [-0.3, -0.25) is 4.79 Å². The molecule has 1 saturated heterocycles. The fourth-order valence-electron chi connectivity index (χ4n) is 2.88. The Labute approximate surface area is 130 Å².